The van der Waals surface area contributed by atoms with Crippen molar-refractivity contribution in [2.75, 3.05) is 0 Å². The standard InChI is InChI=1S/C23H33ClO4/c1-6-23(7-2)27-19-11-9-16(24)13-18(19)21(28-23)22(25)26-20-12-15(5)8-10-17(20)14(3)4/h9,11,13-15,17,20-21H,6-8,10,12H2,1-5H3/t15-,17+,20-,21?/m1/s1. The van der Waals surface area contributed by atoms with Crippen molar-refractivity contribution in [1.82, 2.24) is 0 Å². The van der Waals surface area contributed by atoms with Crippen LogP contribution in [0.3, 0.4) is 0 Å². The van der Waals surface area contributed by atoms with Gasteiger partial charge in [-0.3, -0.25) is 0 Å². The van der Waals surface area contributed by atoms with E-state index in [2.05, 4.69) is 20.8 Å². The van der Waals surface area contributed by atoms with Gasteiger partial charge >= 0.3 is 5.97 Å². The Morgan fingerprint density at radius 2 is 2.00 bits per heavy atom. The number of benzene rings is 1. The lowest BCUT2D eigenvalue weighted by Crippen LogP contribution is -2.46. The highest BCUT2D eigenvalue weighted by Gasteiger charge is 2.44. The van der Waals surface area contributed by atoms with E-state index >= 15 is 0 Å². The van der Waals surface area contributed by atoms with Crippen LogP contribution in [-0.4, -0.2) is 17.9 Å². The molecule has 0 aromatic heterocycles. The van der Waals surface area contributed by atoms with Crippen LogP contribution < -0.4 is 4.74 Å². The molecule has 1 heterocycles. The second-order valence-electron chi connectivity index (χ2n) is 8.70. The first-order valence-electron chi connectivity index (χ1n) is 10.6. The van der Waals surface area contributed by atoms with Crippen molar-refractivity contribution < 1.29 is 19.0 Å². The van der Waals surface area contributed by atoms with E-state index in [1.165, 1.54) is 6.42 Å². The summed E-state index contributed by atoms with van der Waals surface area (Å²) in [7, 11) is 0. The van der Waals surface area contributed by atoms with E-state index in [1.807, 2.05) is 19.9 Å². The molecule has 1 saturated carbocycles. The Kier molecular flexibility index (Phi) is 6.61. The maximum atomic E-state index is 13.3. The van der Waals surface area contributed by atoms with Crippen LogP contribution in [0.15, 0.2) is 18.2 Å². The molecule has 1 fully saturated rings. The maximum absolute atomic E-state index is 13.3. The summed E-state index contributed by atoms with van der Waals surface area (Å²) in [4.78, 5) is 13.3. The zero-order valence-corrected chi connectivity index (χ0v) is 18.4. The normalized spacial score (nSPS) is 29.1. The summed E-state index contributed by atoms with van der Waals surface area (Å²) in [6, 6.07) is 5.35. The maximum Gasteiger partial charge on any atom is 0.340 e. The molecule has 5 heteroatoms. The number of hydrogen-bond acceptors (Lipinski definition) is 4. The quantitative estimate of drug-likeness (QED) is 0.535. The molecule has 0 amide bonds. The number of carbonyl (C=O) groups is 1. The van der Waals surface area contributed by atoms with Crippen LogP contribution in [0.25, 0.3) is 0 Å². The molecule has 4 atom stereocenters. The first-order chi connectivity index (χ1) is 13.3. The number of fused-ring (bicyclic) bond motifs is 1. The Morgan fingerprint density at radius 3 is 2.64 bits per heavy atom. The van der Waals surface area contributed by atoms with E-state index in [0.29, 0.717) is 46.9 Å². The van der Waals surface area contributed by atoms with Gasteiger partial charge in [0.1, 0.15) is 11.9 Å². The SMILES string of the molecule is CCC1(CC)Oc2ccc(Cl)cc2C(C(=O)O[C@@H]2C[C@H](C)CC[C@H]2C(C)C)O1. The number of carbonyl (C=O) groups excluding carboxylic acids is 1. The van der Waals surface area contributed by atoms with Crippen LogP contribution in [0.1, 0.15) is 78.4 Å². The average Bonchev–Trinajstić information content (AvgIpc) is 2.67. The predicted octanol–water partition coefficient (Wildman–Crippen LogP) is 6.31. The Morgan fingerprint density at radius 1 is 1.29 bits per heavy atom. The lowest BCUT2D eigenvalue weighted by molar-refractivity contribution is -0.242. The Balaban J connectivity index is 1.88. The minimum Gasteiger partial charge on any atom is -0.462 e. The van der Waals surface area contributed by atoms with Gasteiger partial charge in [-0.25, -0.2) is 4.79 Å². The van der Waals surface area contributed by atoms with E-state index in [1.54, 1.807) is 12.1 Å². The van der Waals surface area contributed by atoms with Gasteiger partial charge in [-0.15, -0.1) is 0 Å². The molecule has 4 nitrogen and oxygen atoms in total. The molecular formula is C23H33ClO4. The van der Waals surface area contributed by atoms with E-state index in [0.717, 1.165) is 12.8 Å². The van der Waals surface area contributed by atoms with Gasteiger partial charge in [-0.2, -0.15) is 0 Å². The van der Waals surface area contributed by atoms with Gasteiger partial charge in [-0.1, -0.05) is 52.6 Å². The predicted molar refractivity (Wildman–Crippen MR) is 110 cm³/mol. The van der Waals surface area contributed by atoms with Gasteiger partial charge in [-0.05, 0) is 48.8 Å². The largest absolute Gasteiger partial charge is 0.462 e. The highest BCUT2D eigenvalue weighted by atomic mass is 35.5. The zero-order valence-electron chi connectivity index (χ0n) is 17.7. The summed E-state index contributed by atoms with van der Waals surface area (Å²) in [5, 5.41) is 0.551. The van der Waals surface area contributed by atoms with Crippen LogP contribution in [0, 0.1) is 17.8 Å². The molecule has 0 N–H and O–H groups in total. The van der Waals surface area contributed by atoms with Gasteiger partial charge in [0.05, 0.1) is 0 Å². The van der Waals surface area contributed by atoms with Crippen molar-refractivity contribution >= 4 is 17.6 Å². The zero-order chi connectivity index (χ0) is 20.5. The number of halogens is 1. The van der Waals surface area contributed by atoms with Gasteiger partial charge in [0.25, 0.3) is 0 Å². The first-order valence-corrected chi connectivity index (χ1v) is 11.0. The highest BCUT2D eigenvalue weighted by Crippen LogP contribution is 2.44. The molecule has 1 aromatic rings. The average molecular weight is 409 g/mol. The molecule has 28 heavy (non-hydrogen) atoms. The molecule has 1 unspecified atom stereocenters. The van der Waals surface area contributed by atoms with Crippen LogP contribution in [0.5, 0.6) is 5.75 Å². The molecule has 0 spiro atoms. The summed E-state index contributed by atoms with van der Waals surface area (Å²) >= 11 is 6.20. The minimum atomic E-state index is -0.818. The summed E-state index contributed by atoms with van der Waals surface area (Å²) in [5.41, 5.74) is 0.653. The van der Waals surface area contributed by atoms with Crippen molar-refractivity contribution in [3.63, 3.8) is 0 Å². The van der Waals surface area contributed by atoms with Gasteiger partial charge in [0, 0.05) is 23.4 Å². The molecule has 1 aliphatic carbocycles. The molecule has 1 aromatic carbocycles. The Labute approximate surface area is 173 Å². The van der Waals surface area contributed by atoms with Crippen LogP contribution in [-0.2, 0) is 14.3 Å². The Bertz CT molecular complexity index is 698. The number of esters is 1. The molecule has 2 aliphatic rings. The smallest absolute Gasteiger partial charge is 0.340 e. The molecule has 0 bridgehead atoms. The van der Waals surface area contributed by atoms with Gasteiger partial charge in [0.15, 0.2) is 6.10 Å². The fourth-order valence-electron chi connectivity index (χ4n) is 4.52. The molecule has 0 radical (unpaired) electrons. The first kappa shape index (κ1) is 21.4. The summed E-state index contributed by atoms with van der Waals surface area (Å²) < 4.78 is 18.4. The van der Waals surface area contributed by atoms with Crippen molar-refractivity contribution in [1.29, 1.82) is 0 Å². The van der Waals surface area contributed by atoms with E-state index in [9.17, 15) is 4.79 Å². The highest BCUT2D eigenvalue weighted by molar-refractivity contribution is 6.30. The summed E-state index contributed by atoms with van der Waals surface area (Å²) in [6.07, 6.45) is 3.61. The molecule has 1 aliphatic heterocycles. The number of rotatable bonds is 5. The van der Waals surface area contributed by atoms with Crippen LogP contribution in [0.4, 0.5) is 0 Å². The van der Waals surface area contributed by atoms with E-state index in [4.69, 9.17) is 25.8 Å². The molecule has 156 valence electrons. The third kappa shape index (κ3) is 4.33. The third-order valence-electron chi connectivity index (χ3n) is 6.40. The Hall–Kier alpha value is -1.26. The molecular weight excluding hydrogens is 376 g/mol. The lowest BCUT2D eigenvalue weighted by Gasteiger charge is -2.42. The number of ether oxygens (including phenoxy) is 3. The minimum absolute atomic E-state index is 0.0667. The second-order valence-corrected chi connectivity index (χ2v) is 9.14. The van der Waals surface area contributed by atoms with Crippen molar-refractivity contribution in [3.8, 4) is 5.75 Å². The summed E-state index contributed by atoms with van der Waals surface area (Å²) in [6.45, 7) is 10.7. The fourth-order valence-corrected chi connectivity index (χ4v) is 4.70. The summed E-state index contributed by atoms with van der Waals surface area (Å²) in [5.74, 6) is 0.938. The molecule has 3 rings (SSSR count). The topological polar surface area (TPSA) is 44.8 Å². The molecule has 0 saturated heterocycles. The second kappa shape index (κ2) is 8.62. The van der Waals surface area contributed by atoms with Crippen molar-refractivity contribution in [2.24, 2.45) is 17.8 Å². The van der Waals surface area contributed by atoms with E-state index in [-0.39, 0.29) is 12.1 Å². The van der Waals surface area contributed by atoms with Crippen LogP contribution >= 0.6 is 11.6 Å². The van der Waals surface area contributed by atoms with Gasteiger partial charge in [0.2, 0.25) is 5.79 Å². The van der Waals surface area contributed by atoms with Crippen LogP contribution in [0.2, 0.25) is 5.02 Å². The van der Waals surface area contributed by atoms with E-state index < -0.39 is 11.9 Å². The lowest BCUT2D eigenvalue weighted by atomic mass is 9.75. The van der Waals surface area contributed by atoms with Crippen molar-refractivity contribution in [2.45, 2.75) is 84.7 Å². The monoisotopic (exact) mass is 408 g/mol. The third-order valence-corrected chi connectivity index (χ3v) is 6.64. The van der Waals surface area contributed by atoms with Crippen molar-refractivity contribution in [3.05, 3.63) is 28.8 Å². The fraction of sp³-hybridized carbons (Fsp3) is 0.696. The number of hydrogen-bond donors (Lipinski definition) is 0. The van der Waals surface area contributed by atoms with Gasteiger partial charge < -0.3 is 14.2 Å².